The van der Waals surface area contributed by atoms with E-state index in [1.54, 1.807) is 12.1 Å². The van der Waals surface area contributed by atoms with E-state index in [9.17, 15) is 9.18 Å². The maximum atomic E-state index is 12.9. The van der Waals surface area contributed by atoms with Gasteiger partial charge in [0.25, 0.3) is 5.91 Å². The predicted octanol–water partition coefficient (Wildman–Crippen LogP) is 4.70. The Morgan fingerprint density at radius 2 is 1.71 bits per heavy atom. The van der Waals surface area contributed by atoms with Gasteiger partial charge in [-0.25, -0.2) is 4.39 Å². The smallest absolute Gasteiger partial charge is 0.255 e. The number of aromatic nitrogens is 1. The van der Waals surface area contributed by atoms with E-state index in [-0.39, 0.29) is 11.7 Å². The van der Waals surface area contributed by atoms with Gasteiger partial charge in [-0.3, -0.25) is 9.78 Å². The van der Waals surface area contributed by atoms with E-state index in [2.05, 4.69) is 23.3 Å². The first-order valence-corrected chi connectivity index (χ1v) is 7.78. The molecule has 1 heterocycles. The first-order chi connectivity index (χ1) is 11.7. The molecule has 1 amide bonds. The molecule has 0 saturated carbocycles. The number of halogens is 1. The van der Waals surface area contributed by atoms with Crippen molar-refractivity contribution in [1.29, 1.82) is 0 Å². The van der Waals surface area contributed by atoms with Gasteiger partial charge in [0.05, 0.1) is 5.69 Å². The van der Waals surface area contributed by atoms with E-state index in [0.717, 1.165) is 17.7 Å². The monoisotopic (exact) mass is 320 g/mol. The van der Waals surface area contributed by atoms with Crippen molar-refractivity contribution in [2.45, 2.75) is 13.3 Å². The normalized spacial score (nSPS) is 10.4. The lowest BCUT2D eigenvalue weighted by molar-refractivity contribution is 0.102. The SMILES string of the molecule is CCc1ccc(-c2ccc(C(=O)Nc3ccc(F)cc3)cc2)nc1. The summed E-state index contributed by atoms with van der Waals surface area (Å²) in [6.07, 6.45) is 2.82. The molecule has 4 heteroatoms. The van der Waals surface area contributed by atoms with Gasteiger partial charge in [-0.1, -0.05) is 25.1 Å². The van der Waals surface area contributed by atoms with Gasteiger partial charge >= 0.3 is 0 Å². The lowest BCUT2D eigenvalue weighted by atomic mass is 10.1. The van der Waals surface area contributed by atoms with Crippen molar-refractivity contribution in [3.8, 4) is 11.3 Å². The lowest BCUT2D eigenvalue weighted by Crippen LogP contribution is -2.11. The fourth-order valence-corrected chi connectivity index (χ4v) is 2.33. The Morgan fingerprint density at radius 3 is 2.29 bits per heavy atom. The van der Waals surface area contributed by atoms with Crippen molar-refractivity contribution in [1.82, 2.24) is 4.98 Å². The number of aryl methyl sites for hydroxylation is 1. The van der Waals surface area contributed by atoms with Gasteiger partial charge in [0.1, 0.15) is 5.82 Å². The highest BCUT2D eigenvalue weighted by Crippen LogP contribution is 2.19. The zero-order valence-corrected chi connectivity index (χ0v) is 13.3. The molecule has 0 aliphatic rings. The summed E-state index contributed by atoms with van der Waals surface area (Å²) in [5.41, 5.74) is 4.11. The summed E-state index contributed by atoms with van der Waals surface area (Å²) in [5, 5.41) is 2.74. The first kappa shape index (κ1) is 15.9. The van der Waals surface area contributed by atoms with Crippen LogP contribution in [0.25, 0.3) is 11.3 Å². The minimum absolute atomic E-state index is 0.234. The summed E-state index contributed by atoms with van der Waals surface area (Å²) in [5.74, 6) is -0.568. The molecule has 0 saturated heterocycles. The largest absolute Gasteiger partial charge is 0.322 e. The van der Waals surface area contributed by atoms with Gasteiger partial charge in [-0.05, 0) is 54.4 Å². The zero-order valence-electron chi connectivity index (χ0n) is 13.3. The highest BCUT2D eigenvalue weighted by atomic mass is 19.1. The summed E-state index contributed by atoms with van der Waals surface area (Å²) < 4.78 is 12.9. The van der Waals surface area contributed by atoms with Crippen LogP contribution in [0.5, 0.6) is 0 Å². The van der Waals surface area contributed by atoms with Gasteiger partial charge in [0, 0.05) is 23.0 Å². The molecule has 0 aliphatic heterocycles. The van der Waals surface area contributed by atoms with Crippen LogP contribution in [0.3, 0.4) is 0 Å². The Balaban J connectivity index is 1.73. The second-order valence-corrected chi connectivity index (χ2v) is 5.44. The second-order valence-electron chi connectivity index (χ2n) is 5.44. The molecule has 0 unspecified atom stereocenters. The number of rotatable bonds is 4. The van der Waals surface area contributed by atoms with E-state index in [1.165, 1.54) is 29.8 Å². The maximum absolute atomic E-state index is 12.9. The van der Waals surface area contributed by atoms with Crippen LogP contribution in [0, 0.1) is 5.82 Å². The van der Waals surface area contributed by atoms with Crippen molar-refractivity contribution in [3.05, 3.63) is 83.8 Å². The van der Waals surface area contributed by atoms with E-state index >= 15 is 0 Å². The summed E-state index contributed by atoms with van der Waals surface area (Å²) in [7, 11) is 0. The number of nitrogens with zero attached hydrogens (tertiary/aromatic N) is 1. The lowest BCUT2D eigenvalue weighted by Gasteiger charge is -2.07. The Morgan fingerprint density at radius 1 is 1.00 bits per heavy atom. The molecule has 1 N–H and O–H groups in total. The summed E-state index contributed by atoms with van der Waals surface area (Å²) in [4.78, 5) is 16.6. The van der Waals surface area contributed by atoms with Gasteiger partial charge in [0.15, 0.2) is 0 Å². The number of carbonyl (C=O) groups is 1. The summed E-state index contributed by atoms with van der Waals surface area (Å²) >= 11 is 0. The predicted molar refractivity (Wildman–Crippen MR) is 93.4 cm³/mol. The molecule has 0 atom stereocenters. The molecule has 24 heavy (non-hydrogen) atoms. The number of pyridine rings is 1. The van der Waals surface area contributed by atoms with Crippen LogP contribution in [0.2, 0.25) is 0 Å². The van der Waals surface area contributed by atoms with Crippen molar-refractivity contribution < 1.29 is 9.18 Å². The van der Waals surface area contributed by atoms with E-state index in [4.69, 9.17) is 0 Å². The Labute approximate surface area is 140 Å². The number of carbonyl (C=O) groups excluding carboxylic acids is 1. The molecular weight excluding hydrogens is 303 g/mol. The Kier molecular flexibility index (Phi) is 4.66. The van der Waals surface area contributed by atoms with Crippen LogP contribution < -0.4 is 5.32 Å². The third-order valence-electron chi connectivity index (χ3n) is 3.78. The molecule has 1 aromatic heterocycles. The van der Waals surface area contributed by atoms with E-state index < -0.39 is 0 Å². The third-order valence-corrected chi connectivity index (χ3v) is 3.78. The third kappa shape index (κ3) is 3.66. The average Bonchev–Trinajstić information content (AvgIpc) is 2.64. The standard InChI is InChI=1S/C20H17FN2O/c1-2-14-3-12-19(22-13-14)15-4-6-16(7-5-15)20(24)23-18-10-8-17(21)9-11-18/h3-13H,2H2,1H3,(H,23,24). The highest BCUT2D eigenvalue weighted by molar-refractivity contribution is 6.04. The topological polar surface area (TPSA) is 42.0 Å². The quantitative estimate of drug-likeness (QED) is 0.757. The molecule has 0 radical (unpaired) electrons. The number of benzene rings is 2. The average molecular weight is 320 g/mol. The maximum Gasteiger partial charge on any atom is 0.255 e. The minimum atomic E-state index is -0.334. The van der Waals surface area contributed by atoms with Crippen molar-refractivity contribution >= 4 is 11.6 Å². The number of nitrogens with one attached hydrogen (secondary N) is 1. The molecular formula is C20H17FN2O. The zero-order chi connectivity index (χ0) is 16.9. The van der Waals surface area contributed by atoms with Gasteiger partial charge in [-0.15, -0.1) is 0 Å². The Bertz CT molecular complexity index is 825. The van der Waals surface area contributed by atoms with Gasteiger partial charge in [-0.2, -0.15) is 0 Å². The fraction of sp³-hybridized carbons (Fsp3) is 0.100. The van der Waals surface area contributed by atoms with Crippen LogP contribution in [-0.2, 0) is 6.42 Å². The van der Waals surface area contributed by atoms with Crippen LogP contribution in [0.4, 0.5) is 10.1 Å². The molecule has 0 aliphatic carbocycles. The molecule has 3 nitrogen and oxygen atoms in total. The second kappa shape index (κ2) is 7.04. The van der Waals surface area contributed by atoms with Gasteiger partial charge < -0.3 is 5.32 Å². The molecule has 3 aromatic rings. The summed E-state index contributed by atoms with van der Waals surface area (Å²) in [6, 6.07) is 17.0. The van der Waals surface area contributed by atoms with Crippen molar-refractivity contribution in [3.63, 3.8) is 0 Å². The Hall–Kier alpha value is -3.01. The minimum Gasteiger partial charge on any atom is -0.322 e. The molecule has 0 fully saturated rings. The number of anilines is 1. The van der Waals surface area contributed by atoms with Crippen molar-refractivity contribution in [2.75, 3.05) is 5.32 Å². The number of hydrogen-bond donors (Lipinski definition) is 1. The van der Waals surface area contributed by atoms with Crippen LogP contribution in [0.15, 0.2) is 66.9 Å². The van der Waals surface area contributed by atoms with Crippen LogP contribution in [0.1, 0.15) is 22.8 Å². The van der Waals surface area contributed by atoms with E-state index in [1.807, 2.05) is 24.4 Å². The molecule has 2 aromatic carbocycles. The van der Waals surface area contributed by atoms with Crippen LogP contribution >= 0.6 is 0 Å². The molecule has 3 rings (SSSR count). The number of amides is 1. The molecule has 120 valence electrons. The fourth-order valence-electron chi connectivity index (χ4n) is 2.33. The highest BCUT2D eigenvalue weighted by Gasteiger charge is 2.07. The molecule has 0 spiro atoms. The van der Waals surface area contributed by atoms with E-state index in [0.29, 0.717) is 11.3 Å². The van der Waals surface area contributed by atoms with Crippen molar-refractivity contribution in [2.24, 2.45) is 0 Å². The van der Waals surface area contributed by atoms with Crippen LogP contribution in [-0.4, -0.2) is 10.9 Å². The first-order valence-electron chi connectivity index (χ1n) is 7.78. The summed E-state index contributed by atoms with van der Waals surface area (Å²) in [6.45, 7) is 2.09. The van der Waals surface area contributed by atoms with Gasteiger partial charge in [0.2, 0.25) is 0 Å². The number of hydrogen-bond acceptors (Lipinski definition) is 2. The molecule has 0 bridgehead atoms.